The predicted molar refractivity (Wildman–Crippen MR) is 99.2 cm³/mol. The molecule has 0 spiro atoms. The molecule has 24 heavy (non-hydrogen) atoms. The van der Waals surface area contributed by atoms with Crippen LogP contribution in [0, 0.1) is 5.82 Å². The van der Waals surface area contributed by atoms with Crippen LogP contribution in [0.3, 0.4) is 0 Å². The summed E-state index contributed by atoms with van der Waals surface area (Å²) in [6.45, 7) is 0. The molecular formula is C22H16FN. The molecule has 1 nitrogen and oxygen atoms in total. The zero-order chi connectivity index (χ0) is 16.5. The normalized spacial score (nSPS) is 10.9. The summed E-state index contributed by atoms with van der Waals surface area (Å²) in [5.41, 5.74) is 10.9. The third-order valence-electron chi connectivity index (χ3n) is 4.28. The van der Waals surface area contributed by atoms with Gasteiger partial charge in [-0.15, -0.1) is 0 Å². The van der Waals surface area contributed by atoms with Crippen molar-refractivity contribution in [2.75, 3.05) is 5.73 Å². The van der Waals surface area contributed by atoms with Crippen molar-refractivity contribution < 1.29 is 4.39 Å². The summed E-state index contributed by atoms with van der Waals surface area (Å²) >= 11 is 0. The summed E-state index contributed by atoms with van der Waals surface area (Å²) in [5.74, 6) is -0.224. The molecule has 0 aromatic heterocycles. The van der Waals surface area contributed by atoms with E-state index in [-0.39, 0.29) is 5.82 Å². The molecular weight excluding hydrogens is 297 g/mol. The molecule has 0 fully saturated rings. The summed E-state index contributed by atoms with van der Waals surface area (Å²) in [6, 6.07) is 27.0. The van der Waals surface area contributed by atoms with Crippen molar-refractivity contribution in [3.8, 4) is 22.3 Å². The van der Waals surface area contributed by atoms with E-state index in [1.54, 1.807) is 0 Å². The third-order valence-corrected chi connectivity index (χ3v) is 4.28. The van der Waals surface area contributed by atoms with E-state index in [2.05, 4.69) is 30.3 Å². The van der Waals surface area contributed by atoms with E-state index in [1.165, 1.54) is 12.1 Å². The van der Waals surface area contributed by atoms with Gasteiger partial charge in [0, 0.05) is 5.69 Å². The van der Waals surface area contributed by atoms with E-state index >= 15 is 0 Å². The Hall–Kier alpha value is -3.13. The first-order chi connectivity index (χ1) is 11.7. The maximum Gasteiger partial charge on any atom is 0.123 e. The molecule has 0 atom stereocenters. The van der Waals surface area contributed by atoms with Crippen molar-refractivity contribution in [1.82, 2.24) is 0 Å². The highest BCUT2D eigenvalue weighted by molar-refractivity contribution is 6.06. The van der Waals surface area contributed by atoms with Gasteiger partial charge in [-0.25, -0.2) is 4.39 Å². The maximum absolute atomic E-state index is 13.3. The molecule has 0 bridgehead atoms. The predicted octanol–water partition coefficient (Wildman–Crippen LogP) is 5.90. The van der Waals surface area contributed by atoms with Gasteiger partial charge in [-0.1, -0.05) is 60.7 Å². The smallest absolute Gasteiger partial charge is 0.123 e. The van der Waals surface area contributed by atoms with Gasteiger partial charge in [0.1, 0.15) is 5.82 Å². The van der Waals surface area contributed by atoms with Gasteiger partial charge in [0.25, 0.3) is 0 Å². The molecule has 4 aromatic rings. The Balaban J connectivity index is 2.01. The van der Waals surface area contributed by atoms with Crippen molar-refractivity contribution in [3.05, 3.63) is 90.7 Å². The molecule has 4 aromatic carbocycles. The van der Waals surface area contributed by atoms with Crippen LogP contribution in [0.1, 0.15) is 0 Å². The number of hydrogen-bond donors (Lipinski definition) is 1. The summed E-state index contributed by atoms with van der Waals surface area (Å²) in [7, 11) is 0. The van der Waals surface area contributed by atoms with Gasteiger partial charge in [0.2, 0.25) is 0 Å². The van der Waals surface area contributed by atoms with Crippen LogP contribution in [0.15, 0.2) is 84.9 Å². The van der Waals surface area contributed by atoms with Gasteiger partial charge < -0.3 is 5.73 Å². The second-order valence-corrected chi connectivity index (χ2v) is 5.84. The van der Waals surface area contributed by atoms with Crippen LogP contribution in [-0.4, -0.2) is 0 Å². The molecule has 0 heterocycles. The highest BCUT2D eigenvalue weighted by Crippen LogP contribution is 2.36. The van der Waals surface area contributed by atoms with E-state index in [0.717, 1.165) is 38.7 Å². The monoisotopic (exact) mass is 313 g/mol. The number of nitrogen functional groups attached to an aromatic ring is 1. The summed E-state index contributed by atoms with van der Waals surface area (Å²) in [5, 5.41) is 2.32. The van der Waals surface area contributed by atoms with E-state index in [9.17, 15) is 4.39 Å². The van der Waals surface area contributed by atoms with Crippen LogP contribution in [0.25, 0.3) is 33.0 Å². The quantitative estimate of drug-likeness (QED) is 0.458. The first-order valence-corrected chi connectivity index (χ1v) is 7.86. The highest BCUT2D eigenvalue weighted by Gasteiger charge is 2.10. The van der Waals surface area contributed by atoms with Crippen LogP contribution in [-0.2, 0) is 0 Å². The standard InChI is InChI=1S/C22H16FN/c23-18-11-7-15(8-12-18)20-5-1-3-17-4-2-6-21(22(17)20)16-9-13-19(24)14-10-16/h1-14H,24H2. The van der Waals surface area contributed by atoms with Crippen molar-refractivity contribution in [2.45, 2.75) is 0 Å². The van der Waals surface area contributed by atoms with Crippen LogP contribution >= 0.6 is 0 Å². The number of anilines is 1. The van der Waals surface area contributed by atoms with Crippen molar-refractivity contribution >= 4 is 16.5 Å². The van der Waals surface area contributed by atoms with Gasteiger partial charge in [-0.3, -0.25) is 0 Å². The first-order valence-electron chi connectivity index (χ1n) is 7.86. The Labute approximate surface area is 140 Å². The molecule has 0 saturated carbocycles. The lowest BCUT2D eigenvalue weighted by atomic mass is 9.91. The molecule has 0 saturated heterocycles. The number of halogens is 1. The molecule has 2 heteroatoms. The average molecular weight is 313 g/mol. The van der Waals surface area contributed by atoms with Crippen LogP contribution in [0.4, 0.5) is 10.1 Å². The van der Waals surface area contributed by atoms with E-state index in [4.69, 9.17) is 5.73 Å². The Morgan fingerprint density at radius 1 is 0.583 bits per heavy atom. The fourth-order valence-corrected chi connectivity index (χ4v) is 3.11. The minimum Gasteiger partial charge on any atom is -0.399 e. The Morgan fingerprint density at radius 2 is 1.08 bits per heavy atom. The topological polar surface area (TPSA) is 26.0 Å². The fourth-order valence-electron chi connectivity index (χ4n) is 3.11. The first kappa shape index (κ1) is 14.5. The van der Waals surface area contributed by atoms with Crippen LogP contribution in [0.2, 0.25) is 0 Å². The molecule has 0 aliphatic heterocycles. The number of nitrogens with two attached hydrogens (primary N) is 1. The molecule has 0 aliphatic carbocycles. The lowest BCUT2D eigenvalue weighted by Crippen LogP contribution is -1.88. The minimum atomic E-state index is -0.224. The second-order valence-electron chi connectivity index (χ2n) is 5.84. The summed E-state index contributed by atoms with van der Waals surface area (Å²) in [4.78, 5) is 0. The Morgan fingerprint density at radius 3 is 1.62 bits per heavy atom. The number of hydrogen-bond acceptors (Lipinski definition) is 1. The van der Waals surface area contributed by atoms with Gasteiger partial charge in [0.15, 0.2) is 0 Å². The number of rotatable bonds is 2. The third kappa shape index (κ3) is 2.52. The Kier molecular flexibility index (Phi) is 3.51. The molecule has 116 valence electrons. The van der Waals surface area contributed by atoms with Gasteiger partial charge in [-0.2, -0.15) is 0 Å². The summed E-state index contributed by atoms with van der Waals surface area (Å²) < 4.78 is 13.3. The highest BCUT2D eigenvalue weighted by atomic mass is 19.1. The van der Waals surface area contributed by atoms with E-state index < -0.39 is 0 Å². The zero-order valence-corrected chi connectivity index (χ0v) is 13.0. The van der Waals surface area contributed by atoms with Gasteiger partial charge >= 0.3 is 0 Å². The minimum absolute atomic E-state index is 0.224. The van der Waals surface area contributed by atoms with Crippen LogP contribution in [0.5, 0.6) is 0 Å². The summed E-state index contributed by atoms with van der Waals surface area (Å²) in [6.07, 6.45) is 0. The van der Waals surface area contributed by atoms with Gasteiger partial charge in [0.05, 0.1) is 0 Å². The molecule has 0 aliphatic rings. The Bertz CT molecular complexity index is 922. The zero-order valence-electron chi connectivity index (χ0n) is 13.0. The van der Waals surface area contributed by atoms with Crippen LogP contribution < -0.4 is 5.73 Å². The molecule has 0 amide bonds. The number of benzene rings is 4. The molecule has 0 radical (unpaired) electrons. The fraction of sp³-hybridized carbons (Fsp3) is 0. The second kappa shape index (κ2) is 5.82. The maximum atomic E-state index is 13.3. The molecule has 2 N–H and O–H groups in total. The SMILES string of the molecule is Nc1ccc(-c2cccc3cccc(-c4ccc(F)cc4)c23)cc1. The average Bonchev–Trinajstić information content (AvgIpc) is 2.62. The van der Waals surface area contributed by atoms with E-state index in [1.807, 2.05) is 42.5 Å². The van der Waals surface area contributed by atoms with Crippen molar-refractivity contribution in [3.63, 3.8) is 0 Å². The van der Waals surface area contributed by atoms with Crippen molar-refractivity contribution in [1.29, 1.82) is 0 Å². The van der Waals surface area contributed by atoms with Crippen molar-refractivity contribution in [2.24, 2.45) is 0 Å². The molecule has 0 unspecified atom stereocenters. The van der Waals surface area contributed by atoms with Gasteiger partial charge in [-0.05, 0) is 57.3 Å². The number of fused-ring (bicyclic) bond motifs is 1. The largest absolute Gasteiger partial charge is 0.399 e. The lowest BCUT2D eigenvalue weighted by Gasteiger charge is -2.13. The lowest BCUT2D eigenvalue weighted by molar-refractivity contribution is 0.628. The van der Waals surface area contributed by atoms with E-state index in [0.29, 0.717) is 0 Å². The molecule has 4 rings (SSSR count).